The fourth-order valence-electron chi connectivity index (χ4n) is 3.22. The summed E-state index contributed by atoms with van der Waals surface area (Å²) in [5, 5.41) is 19.4. The van der Waals surface area contributed by atoms with Crippen molar-refractivity contribution >= 4 is 5.82 Å². The summed E-state index contributed by atoms with van der Waals surface area (Å²) >= 11 is 0. The predicted octanol–water partition coefficient (Wildman–Crippen LogP) is 1.21. The maximum absolute atomic E-state index is 10.6. The zero-order valence-corrected chi connectivity index (χ0v) is 14.4. The highest BCUT2D eigenvalue weighted by Gasteiger charge is 2.22. The lowest BCUT2D eigenvalue weighted by Gasteiger charge is -2.20. The minimum Gasteiger partial charge on any atom is -0.380 e. The van der Waals surface area contributed by atoms with Crippen molar-refractivity contribution in [1.29, 1.82) is 0 Å². The van der Waals surface area contributed by atoms with Gasteiger partial charge in [-0.25, -0.2) is 4.98 Å². The summed E-state index contributed by atoms with van der Waals surface area (Å²) in [7, 11) is 1.82. The second-order valence-electron chi connectivity index (χ2n) is 6.36. The molecule has 8 nitrogen and oxygen atoms in total. The van der Waals surface area contributed by atoms with Crippen LogP contribution in [-0.2, 0) is 20.1 Å². The van der Waals surface area contributed by atoms with Gasteiger partial charge in [0, 0.05) is 32.5 Å². The van der Waals surface area contributed by atoms with Crippen LogP contribution in [0.5, 0.6) is 0 Å². The van der Waals surface area contributed by atoms with Crippen LogP contribution in [0.15, 0.2) is 30.7 Å². The number of hydrogen-bond acceptors (Lipinski definition) is 6. The number of nitrogens with zero attached hydrogens (tertiary/aromatic N) is 7. The van der Waals surface area contributed by atoms with E-state index in [9.17, 15) is 5.11 Å². The number of fused-ring (bicyclic) bond motifs is 1. The molecule has 25 heavy (non-hydrogen) atoms. The zero-order chi connectivity index (χ0) is 17.4. The summed E-state index contributed by atoms with van der Waals surface area (Å²) in [5.74, 6) is 0.878. The Kier molecular flexibility index (Phi) is 3.96. The highest BCUT2D eigenvalue weighted by atomic mass is 16.3. The molecule has 0 saturated carbocycles. The standard InChI is InChI=1S/C17H21N7O/c1-12-9-18-10-16(20-12)23-6-3-7-24-13(11-23)8-14(21-24)17(25)15-4-5-19-22(15)2/h4-5,8-10,17,25H,3,6-7,11H2,1-2H3/t17-/m1/s1. The van der Waals surface area contributed by atoms with Crippen molar-refractivity contribution in [1.82, 2.24) is 29.5 Å². The molecule has 1 aliphatic rings. The van der Waals surface area contributed by atoms with Crippen LogP contribution in [0.4, 0.5) is 5.82 Å². The number of hydrogen-bond donors (Lipinski definition) is 1. The first-order valence-electron chi connectivity index (χ1n) is 8.38. The van der Waals surface area contributed by atoms with Crippen molar-refractivity contribution in [3.63, 3.8) is 0 Å². The first kappa shape index (κ1) is 15.8. The third kappa shape index (κ3) is 3.00. The molecule has 0 bridgehead atoms. The van der Waals surface area contributed by atoms with Crippen LogP contribution in [0.2, 0.25) is 0 Å². The van der Waals surface area contributed by atoms with Gasteiger partial charge in [0.25, 0.3) is 0 Å². The average Bonchev–Trinajstić information content (AvgIpc) is 3.15. The molecule has 0 spiro atoms. The van der Waals surface area contributed by atoms with Crippen LogP contribution in [0.25, 0.3) is 0 Å². The SMILES string of the molecule is Cc1cncc(N2CCCn3nc([C@@H](O)c4ccnn4C)cc3C2)n1. The van der Waals surface area contributed by atoms with E-state index in [1.807, 2.05) is 30.8 Å². The Morgan fingerprint density at radius 1 is 1.24 bits per heavy atom. The van der Waals surface area contributed by atoms with Crippen molar-refractivity contribution < 1.29 is 5.11 Å². The molecule has 8 heteroatoms. The van der Waals surface area contributed by atoms with Gasteiger partial charge in [-0.05, 0) is 25.5 Å². The molecule has 0 fully saturated rings. The summed E-state index contributed by atoms with van der Waals surface area (Å²) in [4.78, 5) is 11.0. The molecule has 1 N–H and O–H groups in total. The van der Waals surface area contributed by atoms with Crippen molar-refractivity contribution in [2.75, 3.05) is 11.4 Å². The second-order valence-corrected chi connectivity index (χ2v) is 6.36. The Hall–Kier alpha value is -2.74. The summed E-state index contributed by atoms with van der Waals surface area (Å²) in [6.45, 7) is 4.37. The van der Waals surface area contributed by atoms with Gasteiger partial charge < -0.3 is 10.0 Å². The van der Waals surface area contributed by atoms with E-state index in [-0.39, 0.29) is 0 Å². The lowest BCUT2D eigenvalue weighted by Crippen LogP contribution is -2.24. The van der Waals surface area contributed by atoms with E-state index in [1.165, 1.54) is 0 Å². The van der Waals surface area contributed by atoms with Crippen LogP contribution in [-0.4, -0.2) is 41.2 Å². The van der Waals surface area contributed by atoms with E-state index in [2.05, 4.69) is 25.1 Å². The van der Waals surface area contributed by atoms with Gasteiger partial charge >= 0.3 is 0 Å². The first-order valence-corrected chi connectivity index (χ1v) is 8.38. The van der Waals surface area contributed by atoms with E-state index in [4.69, 9.17) is 0 Å². The molecule has 4 heterocycles. The van der Waals surface area contributed by atoms with Gasteiger partial charge in [0.1, 0.15) is 11.9 Å². The lowest BCUT2D eigenvalue weighted by molar-refractivity contribution is 0.203. The maximum Gasteiger partial charge on any atom is 0.147 e. The molecule has 0 aliphatic carbocycles. The van der Waals surface area contributed by atoms with Gasteiger partial charge in [-0.3, -0.25) is 14.3 Å². The summed E-state index contributed by atoms with van der Waals surface area (Å²) in [6.07, 6.45) is 5.42. The van der Waals surface area contributed by atoms with Crippen LogP contribution in [0.3, 0.4) is 0 Å². The van der Waals surface area contributed by atoms with Crippen LogP contribution < -0.4 is 4.90 Å². The molecule has 130 valence electrons. The van der Waals surface area contributed by atoms with Gasteiger partial charge in [-0.2, -0.15) is 10.2 Å². The summed E-state index contributed by atoms with van der Waals surface area (Å²) < 4.78 is 3.65. The fraction of sp³-hybridized carbons (Fsp3) is 0.412. The second kappa shape index (κ2) is 6.29. The minimum atomic E-state index is -0.779. The average molecular weight is 339 g/mol. The van der Waals surface area contributed by atoms with E-state index < -0.39 is 6.10 Å². The van der Waals surface area contributed by atoms with Crippen molar-refractivity contribution in [3.8, 4) is 0 Å². The smallest absolute Gasteiger partial charge is 0.147 e. The zero-order valence-electron chi connectivity index (χ0n) is 14.4. The van der Waals surface area contributed by atoms with Gasteiger partial charge in [-0.1, -0.05) is 0 Å². The molecule has 1 atom stereocenters. The molecule has 0 radical (unpaired) electrons. The molecular formula is C17H21N7O. The number of anilines is 1. The van der Waals surface area contributed by atoms with E-state index in [1.54, 1.807) is 23.3 Å². The van der Waals surface area contributed by atoms with Crippen LogP contribution in [0.1, 0.15) is 35.3 Å². The topological polar surface area (TPSA) is 84.9 Å². The number of aromatic nitrogens is 6. The number of aryl methyl sites for hydroxylation is 3. The van der Waals surface area contributed by atoms with Gasteiger partial charge in [0.05, 0.1) is 35.5 Å². The first-order chi connectivity index (χ1) is 12.1. The number of aliphatic hydroxyl groups excluding tert-OH is 1. The Balaban J connectivity index is 1.62. The number of aliphatic hydroxyl groups is 1. The van der Waals surface area contributed by atoms with Gasteiger partial charge in [0.2, 0.25) is 0 Å². The Morgan fingerprint density at radius 3 is 2.88 bits per heavy atom. The van der Waals surface area contributed by atoms with Gasteiger partial charge in [-0.15, -0.1) is 0 Å². The predicted molar refractivity (Wildman–Crippen MR) is 91.9 cm³/mol. The third-order valence-electron chi connectivity index (χ3n) is 4.52. The highest BCUT2D eigenvalue weighted by molar-refractivity contribution is 5.38. The molecule has 0 amide bonds. The largest absolute Gasteiger partial charge is 0.380 e. The molecule has 0 aromatic carbocycles. The Labute approximate surface area is 145 Å². The maximum atomic E-state index is 10.6. The Bertz CT molecular complexity index is 885. The van der Waals surface area contributed by atoms with E-state index in [0.29, 0.717) is 12.2 Å². The normalized spacial score (nSPS) is 15.7. The quantitative estimate of drug-likeness (QED) is 0.772. The molecule has 3 aromatic heterocycles. The highest BCUT2D eigenvalue weighted by Crippen LogP contribution is 2.24. The molecule has 4 rings (SSSR count). The summed E-state index contributed by atoms with van der Waals surface area (Å²) in [6, 6.07) is 3.78. The van der Waals surface area contributed by atoms with E-state index >= 15 is 0 Å². The fourth-order valence-corrected chi connectivity index (χ4v) is 3.22. The van der Waals surface area contributed by atoms with Crippen LogP contribution in [0, 0.1) is 6.92 Å². The van der Waals surface area contributed by atoms with Crippen molar-refractivity contribution in [2.45, 2.75) is 32.5 Å². The Morgan fingerprint density at radius 2 is 2.12 bits per heavy atom. The molecule has 1 aliphatic heterocycles. The van der Waals surface area contributed by atoms with Gasteiger partial charge in [0.15, 0.2) is 0 Å². The monoisotopic (exact) mass is 339 g/mol. The molecule has 0 saturated heterocycles. The third-order valence-corrected chi connectivity index (χ3v) is 4.52. The molecular weight excluding hydrogens is 318 g/mol. The summed E-state index contributed by atoms with van der Waals surface area (Å²) in [5.41, 5.74) is 3.35. The minimum absolute atomic E-state index is 0.649. The van der Waals surface area contributed by atoms with E-state index in [0.717, 1.165) is 42.4 Å². The lowest BCUT2D eigenvalue weighted by atomic mass is 10.2. The number of rotatable bonds is 3. The van der Waals surface area contributed by atoms with Crippen molar-refractivity contribution in [2.24, 2.45) is 7.05 Å². The molecule has 3 aromatic rings. The van der Waals surface area contributed by atoms with Crippen LogP contribution >= 0.6 is 0 Å². The van der Waals surface area contributed by atoms with Crippen molar-refractivity contribution in [3.05, 3.63) is 53.5 Å². The molecule has 0 unspecified atom stereocenters.